The number of carbonyl (C=O) groups excluding carboxylic acids is 1. The molecule has 0 aromatic heterocycles. The zero-order valence-corrected chi connectivity index (χ0v) is 16.3. The van der Waals surface area contributed by atoms with E-state index in [0.717, 1.165) is 31.0 Å². The number of amides is 1. The van der Waals surface area contributed by atoms with Gasteiger partial charge in [0.15, 0.2) is 12.6 Å². The lowest BCUT2D eigenvalue weighted by Crippen LogP contribution is -2.39. The third kappa shape index (κ3) is 5.74. The van der Waals surface area contributed by atoms with Gasteiger partial charge in [0.2, 0.25) is 0 Å². The second-order valence-corrected chi connectivity index (χ2v) is 7.09. The Kier molecular flexibility index (Phi) is 6.89. The first-order chi connectivity index (χ1) is 13.6. The maximum Gasteiger partial charge on any atom is 0.255 e. The van der Waals surface area contributed by atoms with Crippen molar-refractivity contribution < 1.29 is 9.53 Å². The summed E-state index contributed by atoms with van der Waals surface area (Å²) >= 11 is 0. The third-order valence-corrected chi connectivity index (χ3v) is 4.89. The van der Waals surface area contributed by atoms with Gasteiger partial charge in [0.1, 0.15) is 5.75 Å². The van der Waals surface area contributed by atoms with Crippen LogP contribution in [-0.4, -0.2) is 43.5 Å². The predicted octanol–water partition coefficient (Wildman–Crippen LogP) is 2.19. The van der Waals surface area contributed by atoms with E-state index in [1.54, 1.807) is 0 Å². The second-order valence-electron chi connectivity index (χ2n) is 7.09. The van der Waals surface area contributed by atoms with Gasteiger partial charge in [-0.25, -0.2) is 0 Å². The van der Waals surface area contributed by atoms with Crippen LogP contribution in [0.15, 0.2) is 59.6 Å². The van der Waals surface area contributed by atoms with E-state index in [9.17, 15) is 4.79 Å². The average Bonchev–Trinajstić information content (AvgIpc) is 3.16. The molecule has 6 heteroatoms. The number of aliphatic imine (C=N–C) groups is 1. The highest BCUT2D eigenvalue weighted by Gasteiger charge is 2.24. The van der Waals surface area contributed by atoms with E-state index >= 15 is 0 Å². The molecule has 6 nitrogen and oxygen atoms in total. The molecule has 3 N–H and O–H groups in total. The first-order valence-corrected chi connectivity index (χ1v) is 9.63. The molecular formula is C22H28N4O2. The van der Waals surface area contributed by atoms with Crippen LogP contribution in [0, 0.1) is 5.92 Å². The smallest absolute Gasteiger partial charge is 0.255 e. The first kappa shape index (κ1) is 19.7. The van der Waals surface area contributed by atoms with Gasteiger partial charge in [-0.3, -0.25) is 9.79 Å². The normalized spacial score (nSPS) is 16.8. The van der Waals surface area contributed by atoms with Crippen LogP contribution in [0.4, 0.5) is 0 Å². The van der Waals surface area contributed by atoms with E-state index in [1.807, 2.05) is 31.3 Å². The number of benzene rings is 2. The summed E-state index contributed by atoms with van der Waals surface area (Å²) in [5, 5.41) is 3.43. The Balaban J connectivity index is 1.51. The molecule has 1 heterocycles. The number of nitrogens with zero attached hydrogens (tertiary/aromatic N) is 2. The van der Waals surface area contributed by atoms with Crippen molar-refractivity contribution in [3.8, 4) is 5.75 Å². The summed E-state index contributed by atoms with van der Waals surface area (Å²) in [4.78, 5) is 17.6. The van der Waals surface area contributed by atoms with Gasteiger partial charge < -0.3 is 20.7 Å². The molecule has 1 unspecified atom stereocenters. The zero-order chi connectivity index (χ0) is 19.8. The molecule has 1 aliphatic rings. The number of guanidine groups is 1. The Hall–Kier alpha value is -3.02. The molecule has 2 aromatic rings. The first-order valence-electron chi connectivity index (χ1n) is 9.63. The molecule has 0 aliphatic carbocycles. The lowest BCUT2D eigenvalue weighted by molar-refractivity contribution is -0.119. The van der Waals surface area contributed by atoms with Crippen LogP contribution in [0.2, 0.25) is 0 Å². The molecule has 1 aliphatic heterocycles. The van der Waals surface area contributed by atoms with Crippen LogP contribution >= 0.6 is 0 Å². The lowest BCUT2D eigenvalue weighted by Gasteiger charge is -2.22. The summed E-state index contributed by atoms with van der Waals surface area (Å²) in [6, 6.07) is 18.3. The van der Waals surface area contributed by atoms with Gasteiger partial charge in [-0.2, -0.15) is 0 Å². The van der Waals surface area contributed by atoms with Crippen molar-refractivity contribution in [2.24, 2.45) is 16.6 Å². The summed E-state index contributed by atoms with van der Waals surface area (Å²) in [5.74, 6) is 1.71. The summed E-state index contributed by atoms with van der Waals surface area (Å²) < 4.78 is 5.37. The van der Waals surface area contributed by atoms with Gasteiger partial charge >= 0.3 is 0 Å². The number of ether oxygens (including phenoxy) is 1. The highest BCUT2D eigenvalue weighted by Crippen LogP contribution is 2.21. The number of hydrogen-bond donors (Lipinski definition) is 2. The molecule has 28 heavy (non-hydrogen) atoms. The van der Waals surface area contributed by atoms with Gasteiger partial charge in [-0.1, -0.05) is 42.5 Å². The molecule has 148 valence electrons. The van der Waals surface area contributed by atoms with Gasteiger partial charge in [0, 0.05) is 26.7 Å². The van der Waals surface area contributed by atoms with E-state index in [1.165, 1.54) is 12.0 Å². The van der Waals surface area contributed by atoms with E-state index in [2.05, 4.69) is 45.5 Å². The summed E-state index contributed by atoms with van der Waals surface area (Å²) in [7, 11) is 1.82. The fourth-order valence-electron chi connectivity index (χ4n) is 3.55. The molecule has 0 bridgehead atoms. The summed E-state index contributed by atoms with van der Waals surface area (Å²) in [6.07, 6.45) is 2.28. The Bertz CT molecular complexity index is 807. The number of likely N-dealkylation sites (tertiary alicyclic amines) is 1. The number of primary amides is 1. The quantitative estimate of drug-likeness (QED) is 0.570. The van der Waals surface area contributed by atoms with Gasteiger partial charge in [0.05, 0.1) is 0 Å². The number of nitrogens with two attached hydrogens (primary N) is 1. The minimum absolute atomic E-state index is 0.116. The van der Waals surface area contributed by atoms with Crippen molar-refractivity contribution in [3.63, 3.8) is 0 Å². The maximum absolute atomic E-state index is 10.9. The molecule has 1 fully saturated rings. The monoisotopic (exact) mass is 380 g/mol. The van der Waals surface area contributed by atoms with Crippen LogP contribution in [0.5, 0.6) is 5.75 Å². The van der Waals surface area contributed by atoms with Gasteiger partial charge in [-0.15, -0.1) is 0 Å². The molecule has 1 atom stereocenters. The topological polar surface area (TPSA) is 80.0 Å². The second kappa shape index (κ2) is 9.78. The van der Waals surface area contributed by atoms with Crippen molar-refractivity contribution in [3.05, 3.63) is 65.7 Å². The number of carbonyl (C=O) groups is 1. The van der Waals surface area contributed by atoms with Crippen LogP contribution < -0.4 is 15.8 Å². The number of nitrogens with one attached hydrogen (secondary N) is 1. The van der Waals surface area contributed by atoms with Crippen LogP contribution in [-0.2, 0) is 17.8 Å². The minimum Gasteiger partial charge on any atom is -0.484 e. The lowest BCUT2D eigenvalue weighted by atomic mass is 9.99. The van der Waals surface area contributed by atoms with Crippen LogP contribution in [0.3, 0.4) is 0 Å². The van der Waals surface area contributed by atoms with Crippen molar-refractivity contribution >= 4 is 11.9 Å². The van der Waals surface area contributed by atoms with Gasteiger partial charge in [-0.05, 0) is 42.0 Å². The van der Waals surface area contributed by atoms with Crippen LogP contribution in [0.1, 0.15) is 17.5 Å². The van der Waals surface area contributed by atoms with E-state index in [0.29, 0.717) is 18.2 Å². The molecule has 2 aromatic carbocycles. The van der Waals surface area contributed by atoms with Crippen LogP contribution in [0.25, 0.3) is 0 Å². The molecule has 0 radical (unpaired) electrons. The Morgan fingerprint density at radius 2 is 2.00 bits per heavy atom. The average molecular weight is 380 g/mol. The SMILES string of the molecule is CN=C(NCc1cccc(OCC(N)=O)c1)N1CCC(Cc2ccccc2)C1. The Morgan fingerprint density at radius 1 is 1.21 bits per heavy atom. The summed E-state index contributed by atoms with van der Waals surface area (Å²) in [5.41, 5.74) is 7.58. The number of rotatable bonds is 7. The number of hydrogen-bond acceptors (Lipinski definition) is 3. The van der Waals surface area contributed by atoms with Crippen molar-refractivity contribution in [2.45, 2.75) is 19.4 Å². The van der Waals surface area contributed by atoms with E-state index in [4.69, 9.17) is 10.5 Å². The Labute approximate surface area is 166 Å². The third-order valence-electron chi connectivity index (χ3n) is 4.89. The fraction of sp³-hybridized carbons (Fsp3) is 0.364. The van der Waals surface area contributed by atoms with Crippen molar-refractivity contribution in [2.75, 3.05) is 26.7 Å². The highest BCUT2D eigenvalue weighted by molar-refractivity contribution is 5.80. The van der Waals surface area contributed by atoms with Crippen molar-refractivity contribution in [1.82, 2.24) is 10.2 Å². The van der Waals surface area contributed by atoms with Gasteiger partial charge in [0.25, 0.3) is 5.91 Å². The van der Waals surface area contributed by atoms with Crippen molar-refractivity contribution in [1.29, 1.82) is 0 Å². The molecule has 1 saturated heterocycles. The largest absolute Gasteiger partial charge is 0.484 e. The standard InChI is InChI=1S/C22H28N4O2/c1-24-22(25-14-18-8-5-9-20(13-18)28-16-21(23)27)26-11-10-19(15-26)12-17-6-3-2-4-7-17/h2-9,13,19H,10-12,14-16H2,1H3,(H2,23,27)(H,24,25). The molecule has 0 saturated carbocycles. The maximum atomic E-state index is 10.9. The Morgan fingerprint density at radius 3 is 2.75 bits per heavy atom. The van der Waals surface area contributed by atoms with E-state index in [-0.39, 0.29) is 6.61 Å². The molecule has 1 amide bonds. The molecular weight excluding hydrogens is 352 g/mol. The predicted molar refractivity (Wildman–Crippen MR) is 111 cm³/mol. The zero-order valence-electron chi connectivity index (χ0n) is 16.3. The van der Waals surface area contributed by atoms with E-state index < -0.39 is 5.91 Å². The fourth-order valence-corrected chi connectivity index (χ4v) is 3.55. The molecule has 0 spiro atoms. The molecule has 3 rings (SSSR count). The summed E-state index contributed by atoms with van der Waals surface area (Å²) in [6.45, 7) is 2.55. The minimum atomic E-state index is -0.483. The highest BCUT2D eigenvalue weighted by atomic mass is 16.5.